The molecule has 2 rings (SSSR count). The van der Waals surface area contributed by atoms with Crippen LogP contribution in [0.15, 0.2) is 30.4 Å². The van der Waals surface area contributed by atoms with E-state index in [0.717, 1.165) is 5.56 Å². The topological polar surface area (TPSA) is 95.5 Å². The molecule has 122 valence electrons. The summed E-state index contributed by atoms with van der Waals surface area (Å²) in [4.78, 5) is 34.9. The van der Waals surface area contributed by atoms with Crippen LogP contribution in [0.3, 0.4) is 0 Å². The van der Waals surface area contributed by atoms with E-state index in [9.17, 15) is 19.5 Å². The zero-order valence-corrected chi connectivity index (χ0v) is 13.1. The lowest BCUT2D eigenvalue weighted by Gasteiger charge is -2.24. The quantitative estimate of drug-likeness (QED) is 0.744. The first-order valence-corrected chi connectivity index (χ1v) is 7.45. The zero-order chi connectivity index (χ0) is 17.0. The predicted octanol–water partition coefficient (Wildman–Crippen LogP) is 2.56. The van der Waals surface area contributed by atoms with Crippen LogP contribution >= 0.6 is 0 Å². The molecular formula is C17H20N2O4. The van der Waals surface area contributed by atoms with Crippen LogP contribution in [0.5, 0.6) is 0 Å². The predicted molar refractivity (Wildman–Crippen MR) is 87.1 cm³/mol. The van der Waals surface area contributed by atoms with Crippen molar-refractivity contribution in [1.82, 2.24) is 0 Å². The number of hydrogen-bond donors (Lipinski definition) is 3. The fourth-order valence-corrected chi connectivity index (χ4v) is 2.64. The highest BCUT2D eigenvalue weighted by Crippen LogP contribution is 2.28. The lowest BCUT2D eigenvalue weighted by Crippen LogP contribution is -2.34. The molecule has 2 atom stereocenters. The molecule has 1 aromatic carbocycles. The lowest BCUT2D eigenvalue weighted by atomic mass is 9.82. The lowest BCUT2D eigenvalue weighted by molar-refractivity contribution is -0.146. The van der Waals surface area contributed by atoms with Gasteiger partial charge in [-0.1, -0.05) is 18.2 Å². The standard InChI is InChI=1S/C17H20N2O4/c1-10-7-8-12(9-15(10)18-11(2)20)19-16(21)13-5-3-4-6-14(13)17(22)23/h3-4,7-9,13-14H,5-6H2,1-2H3,(H,18,20)(H,19,21)(H,22,23)/t13-,14+/m0/s1. The molecule has 0 aromatic heterocycles. The average Bonchev–Trinajstić information content (AvgIpc) is 2.50. The third-order valence-corrected chi connectivity index (χ3v) is 3.90. The Labute approximate surface area is 134 Å². The number of rotatable bonds is 4. The first-order chi connectivity index (χ1) is 10.9. The number of nitrogens with one attached hydrogen (secondary N) is 2. The maximum atomic E-state index is 12.4. The zero-order valence-electron chi connectivity index (χ0n) is 13.1. The van der Waals surface area contributed by atoms with Gasteiger partial charge in [-0.3, -0.25) is 14.4 Å². The van der Waals surface area contributed by atoms with Crippen LogP contribution in [-0.2, 0) is 14.4 Å². The van der Waals surface area contributed by atoms with Crippen molar-refractivity contribution in [1.29, 1.82) is 0 Å². The van der Waals surface area contributed by atoms with Gasteiger partial charge in [0.25, 0.3) is 0 Å². The molecule has 1 aliphatic rings. The van der Waals surface area contributed by atoms with Gasteiger partial charge in [0, 0.05) is 18.3 Å². The van der Waals surface area contributed by atoms with Crippen molar-refractivity contribution in [3.05, 3.63) is 35.9 Å². The Morgan fingerprint density at radius 2 is 1.74 bits per heavy atom. The number of carboxylic acids is 1. The van der Waals surface area contributed by atoms with Gasteiger partial charge in [-0.15, -0.1) is 0 Å². The summed E-state index contributed by atoms with van der Waals surface area (Å²) in [6.45, 7) is 3.26. The molecule has 0 fully saturated rings. The first kappa shape index (κ1) is 16.7. The van der Waals surface area contributed by atoms with E-state index in [2.05, 4.69) is 10.6 Å². The molecule has 1 aliphatic carbocycles. The summed E-state index contributed by atoms with van der Waals surface area (Å²) in [5, 5.41) is 14.7. The highest BCUT2D eigenvalue weighted by molar-refractivity contribution is 5.97. The fraction of sp³-hybridized carbons (Fsp3) is 0.353. The number of carboxylic acid groups (broad SMARTS) is 1. The Morgan fingerprint density at radius 3 is 2.35 bits per heavy atom. The number of carbonyl (C=O) groups excluding carboxylic acids is 2. The Hall–Kier alpha value is -2.63. The highest BCUT2D eigenvalue weighted by atomic mass is 16.4. The van der Waals surface area contributed by atoms with Gasteiger partial charge in [-0.25, -0.2) is 0 Å². The van der Waals surface area contributed by atoms with Gasteiger partial charge in [0.05, 0.1) is 11.8 Å². The molecule has 0 radical (unpaired) electrons. The second-order valence-electron chi connectivity index (χ2n) is 5.69. The number of carbonyl (C=O) groups is 3. The van der Waals surface area contributed by atoms with E-state index in [1.54, 1.807) is 24.3 Å². The normalized spacial score (nSPS) is 19.9. The van der Waals surface area contributed by atoms with Crippen molar-refractivity contribution in [2.24, 2.45) is 11.8 Å². The number of benzene rings is 1. The SMILES string of the molecule is CC(=O)Nc1cc(NC(=O)[C@H]2CC=CC[C@H]2C(=O)O)ccc1C. The van der Waals surface area contributed by atoms with Gasteiger partial charge in [-0.2, -0.15) is 0 Å². The molecule has 23 heavy (non-hydrogen) atoms. The van der Waals surface area contributed by atoms with Crippen molar-refractivity contribution >= 4 is 29.2 Å². The molecule has 2 amide bonds. The second-order valence-corrected chi connectivity index (χ2v) is 5.69. The van der Waals surface area contributed by atoms with E-state index < -0.39 is 17.8 Å². The number of hydrogen-bond acceptors (Lipinski definition) is 3. The molecule has 0 spiro atoms. The third kappa shape index (κ3) is 4.18. The molecule has 1 aromatic rings. The molecule has 0 bridgehead atoms. The van der Waals surface area contributed by atoms with Gasteiger partial charge in [0.15, 0.2) is 0 Å². The number of aliphatic carboxylic acids is 1. The summed E-state index contributed by atoms with van der Waals surface area (Å²) < 4.78 is 0. The van der Waals surface area contributed by atoms with Crippen LogP contribution in [0.2, 0.25) is 0 Å². The van der Waals surface area contributed by atoms with Crippen LogP contribution in [0.25, 0.3) is 0 Å². The van der Waals surface area contributed by atoms with Crippen LogP contribution in [0, 0.1) is 18.8 Å². The third-order valence-electron chi connectivity index (χ3n) is 3.90. The number of anilines is 2. The average molecular weight is 316 g/mol. The smallest absolute Gasteiger partial charge is 0.307 e. The van der Waals surface area contributed by atoms with Gasteiger partial charge >= 0.3 is 5.97 Å². The van der Waals surface area contributed by atoms with Gasteiger partial charge < -0.3 is 15.7 Å². The van der Waals surface area contributed by atoms with Crippen molar-refractivity contribution in [2.45, 2.75) is 26.7 Å². The van der Waals surface area contributed by atoms with Crippen molar-refractivity contribution in [2.75, 3.05) is 10.6 Å². The largest absolute Gasteiger partial charge is 0.481 e. The number of allylic oxidation sites excluding steroid dienone is 2. The molecule has 0 heterocycles. The minimum Gasteiger partial charge on any atom is -0.481 e. The molecule has 6 heteroatoms. The monoisotopic (exact) mass is 316 g/mol. The van der Waals surface area contributed by atoms with Gasteiger partial charge in [-0.05, 0) is 37.5 Å². The van der Waals surface area contributed by atoms with Crippen LogP contribution in [-0.4, -0.2) is 22.9 Å². The fourth-order valence-electron chi connectivity index (χ4n) is 2.64. The summed E-state index contributed by atoms with van der Waals surface area (Å²) in [5.74, 6) is -2.78. The summed E-state index contributed by atoms with van der Waals surface area (Å²) in [5.41, 5.74) is 2.03. The van der Waals surface area contributed by atoms with E-state index in [1.165, 1.54) is 6.92 Å². The molecular weight excluding hydrogens is 296 g/mol. The maximum absolute atomic E-state index is 12.4. The molecule has 6 nitrogen and oxygen atoms in total. The van der Waals surface area contributed by atoms with E-state index in [0.29, 0.717) is 24.2 Å². The van der Waals surface area contributed by atoms with E-state index in [-0.39, 0.29) is 11.8 Å². The first-order valence-electron chi connectivity index (χ1n) is 7.45. The Kier molecular flexibility index (Phi) is 5.16. The minimum atomic E-state index is -0.961. The Bertz CT molecular complexity index is 667. The second kappa shape index (κ2) is 7.09. The number of amides is 2. The molecule has 0 unspecified atom stereocenters. The molecule has 0 saturated carbocycles. The molecule has 3 N–H and O–H groups in total. The Morgan fingerprint density at radius 1 is 1.09 bits per heavy atom. The Balaban J connectivity index is 2.15. The van der Waals surface area contributed by atoms with Crippen LogP contribution in [0.4, 0.5) is 11.4 Å². The maximum Gasteiger partial charge on any atom is 0.307 e. The number of aryl methyl sites for hydroxylation is 1. The summed E-state index contributed by atoms with van der Waals surface area (Å²) in [7, 11) is 0. The van der Waals surface area contributed by atoms with E-state index >= 15 is 0 Å². The highest BCUT2D eigenvalue weighted by Gasteiger charge is 2.33. The van der Waals surface area contributed by atoms with Crippen LogP contribution in [0.1, 0.15) is 25.3 Å². The minimum absolute atomic E-state index is 0.195. The summed E-state index contributed by atoms with van der Waals surface area (Å²) in [6.07, 6.45) is 4.40. The van der Waals surface area contributed by atoms with Crippen LogP contribution < -0.4 is 10.6 Å². The van der Waals surface area contributed by atoms with E-state index in [4.69, 9.17) is 0 Å². The van der Waals surface area contributed by atoms with Crippen molar-refractivity contribution in [3.8, 4) is 0 Å². The van der Waals surface area contributed by atoms with Gasteiger partial charge in [0.1, 0.15) is 0 Å². The van der Waals surface area contributed by atoms with Crippen molar-refractivity contribution < 1.29 is 19.5 Å². The molecule has 0 saturated heterocycles. The van der Waals surface area contributed by atoms with Crippen molar-refractivity contribution in [3.63, 3.8) is 0 Å². The summed E-state index contributed by atoms with van der Waals surface area (Å²) in [6, 6.07) is 5.19. The molecule has 0 aliphatic heterocycles. The van der Waals surface area contributed by atoms with Gasteiger partial charge in [0.2, 0.25) is 11.8 Å². The van der Waals surface area contributed by atoms with E-state index in [1.807, 2.05) is 13.0 Å². The summed E-state index contributed by atoms with van der Waals surface area (Å²) >= 11 is 0.